The molecule has 2 fully saturated rings. The second-order valence-corrected chi connectivity index (χ2v) is 8.97. The van der Waals surface area contributed by atoms with Gasteiger partial charge >= 0.3 is 0 Å². The van der Waals surface area contributed by atoms with Crippen molar-refractivity contribution in [1.29, 1.82) is 0 Å². The summed E-state index contributed by atoms with van der Waals surface area (Å²) in [4.78, 5) is 27.7. The van der Waals surface area contributed by atoms with Gasteiger partial charge in [0.25, 0.3) is 11.7 Å². The number of ketones is 1. The van der Waals surface area contributed by atoms with E-state index < -0.39 is 17.7 Å². The highest BCUT2D eigenvalue weighted by Gasteiger charge is 2.47. The van der Waals surface area contributed by atoms with Crippen LogP contribution in [-0.4, -0.2) is 48.1 Å². The van der Waals surface area contributed by atoms with E-state index >= 15 is 0 Å². The molecule has 4 rings (SSSR count). The topological polar surface area (TPSA) is 76.1 Å². The van der Waals surface area contributed by atoms with E-state index in [1.807, 2.05) is 24.3 Å². The van der Waals surface area contributed by atoms with Crippen molar-refractivity contribution in [3.8, 4) is 5.75 Å². The molecule has 2 aliphatic heterocycles. The van der Waals surface area contributed by atoms with E-state index in [-0.39, 0.29) is 45.3 Å². The van der Waals surface area contributed by atoms with Crippen LogP contribution in [0.5, 0.6) is 5.75 Å². The van der Waals surface area contributed by atoms with E-state index in [0.29, 0.717) is 6.61 Å². The van der Waals surface area contributed by atoms with Crippen LogP contribution in [0.3, 0.4) is 0 Å². The van der Waals surface area contributed by atoms with Crippen molar-refractivity contribution in [2.75, 3.05) is 20.3 Å². The number of aliphatic hydroxyl groups excluding tert-OH is 1. The standard InChI is InChI=1S/C25H25Cl2NO5/c1-3-14-6-8-15(9-7-14)21-20(22(29)16-11-18(26)24(32-2)19(27)12-16)23(30)25(31)28(21)13-17-5-4-10-33-17/h6-9,11-12,17,21,29H,3-5,10,13H2,1-2H3/b22-20+. The van der Waals surface area contributed by atoms with Crippen molar-refractivity contribution in [2.45, 2.75) is 38.3 Å². The lowest BCUT2D eigenvalue weighted by Crippen LogP contribution is -2.36. The molecule has 6 nitrogen and oxygen atoms in total. The number of hydrogen-bond acceptors (Lipinski definition) is 5. The predicted octanol–water partition coefficient (Wildman–Crippen LogP) is 5.17. The Balaban J connectivity index is 1.84. The molecule has 0 radical (unpaired) electrons. The summed E-state index contributed by atoms with van der Waals surface area (Å²) in [6, 6.07) is 9.88. The molecule has 0 spiro atoms. The first-order chi connectivity index (χ1) is 15.8. The number of aryl methyl sites for hydroxylation is 1. The van der Waals surface area contributed by atoms with Gasteiger partial charge in [0.05, 0.1) is 34.9 Å². The SMILES string of the molecule is CCc1ccc(C2/C(=C(\O)c3cc(Cl)c(OC)c(Cl)c3)C(=O)C(=O)N2CC2CCCO2)cc1. The maximum atomic E-state index is 13.2. The first-order valence-electron chi connectivity index (χ1n) is 10.9. The molecule has 0 bridgehead atoms. The summed E-state index contributed by atoms with van der Waals surface area (Å²) < 4.78 is 10.9. The van der Waals surface area contributed by atoms with Crippen molar-refractivity contribution in [3.63, 3.8) is 0 Å². The van der Waals surface area contributed by atoms with Gasteiger partial charge in [-0.3, -0.25) is 9.59 Å². The summed E-state index contributed by atoms with van der Waals surface area (Å²) in [6.07, 6.45) is 2.44. The zero-order valence-electron chi connectivity index (χ0n) is 18.4. The minimum atomic E-state index is -0.752. The molecule has 2 heterocycles. The van der Waals surface area contributed by atoms with E-state index in [9.17, 15) is 14.7 Å². The minimum Gasteiger partial charge on any atom is -0.507 e. The van der Waals surface area contributed by atoms with Crippen molar-refractivity contribution in [1.82, 2.24) is 4.90 Å². The molecule has 2 saturated heterocycles. The third-order valence-electron chi connectivity index (χ3n) is 6.14. The van der Waals surface area contributed by atoms with Crippen LogP contribution in [0.1, 0.15) is 42.5 Å². The molecule has 0 saturated carbocycles. The van der Waals surface area contributed by atoms with Gasteiger partial charge in [0.15, 0.2) is 5.75 Å². The van der Waals surface area contributed by atoms with Gasteiger partial charge < -0.3 is 19.5 Å². The molecule has 2 aromatic rings. The Labute approximate surface area is 202 Å². The van der Waals surface area contributed by atoms with E-state index in [4.69, 9.17) is 32.7 Å². The van der Waals surface area contributed by atoms with E-state index in [0.717, 1.165) is 30.4 Å². The van der Waals surface area contributed by atoms with E-state index in [1.165, 1.54) is 24.1 Å². The molecule has 2 aromatic carbocycles. The van der Waals surface area contributed by atoms with Crippen LogP contribution in [0.25, 0.3) is 5.76 Å². The van der Waals surface area contributed by atoms with Crippen molar-refractivity contribution >= 4 is 40.7 Å². The monoisotopic (exact) mass is 489 g/mol. The molecular weight excluding hydrogens is 465 g/mol. The lowest BCUT2D eigenvalue weighted by molar-refractivity contribution is -0.140. The third kappa shape index (κ3) is 4.47. The number of aliphatic hydroxyl groups is 1. The minimum absolute atomic E-state index is 0.000421. The van der Waals surface area contributed by atoms with Crippen molar-refractivity contribution < 1.29 is 24.2 Å². The van der Waals surface area contributed by atoms with E-state index in [1.54, 1.807) is 0 Å². The van der Waals surface area contributed by atoms with Gasteiger partial charge in [0.1, 0.15) is 5.76 Å². The van der Waals surface area contributed by atoms with Gasteiger partial charge in [-0.05, 0) is 42.5 Å². The van der Waals surface area contributed by atoms with Gasteiger partial charge in [-0.2, -0.15) is 0 Å². The maximum Gasteiger partial charge on any atom is 0.295 e. The molecule has 2 unspecified atom stereocenters. The average Bonchev–Trinajstić information content (AvgIpc) is 3.41. The summed E-state index contributed by atoms with van der Waals surface area (Å²) in [5.41, 5.74) is 2.09. The summed E-state index contributed by atoms with van der Waals surface area (Å²) in [5.74, 6) is -1.49. The molecular formula is C25H25Cl2NO5. The Morgan fingerprint density at radius 1 is 1.18 bits per heavy atom. The smallest absolute Gasteiger partial charge is 0.295 e. The van der Waals surface area contributed by atoms with Crippen LogP contribution in [0.15, 0.2) is 42.0 Å². The lowest BCUT2D eigenvalue weighted by atomic mass is 9.94. The Morgan fingerprint density at radius 3 is 2.39 bits per heavy atom. The number of carbonyl (C=O) groups excluding carboxylic acids is 2. The number of benzene rings is 2. The van der Waals surface area contributed by atoms with Gasteiger partial charge in [-0.15, -0.1) is 0 Å². The highest BCUT2D eigenvalue weighted by molar-refractivity contribution is 6.46. The van der Waals surface area contributed by atoms with Crippen LogP contribution in [0, 0.1) is 0 Å². The highest BCUT2D eigenvalue weighted by Crippen LogP contribution is 2.42. The number of amides is 1. The fourth-order valence-corrected chi connectivity index (χ4v) is 5.05. The van der Waals surface area contributed by atoms with Crippen LogP contribution in [-0.2, 0) is 20.7 Å². The summed E-state index contributed by atoms with van der Waals surface area (Å²) >= 11 is 12.5. The maximum absolute atomic E-state index is 13.2. The second kappa shape index (κ2) is 9.75. The number of halogens is 2. The zero-order valence-corrected chi connectivity index (χ0v) is 19.9. The summed E-state index contributed by atoms with van der Waals surface area (Å²) in [5, 5.41) is 11.6. The molecule has 0 aromatic heterocycles. The summed E-state index contributed by atoms with van der Waals surface area (Å²) in [6.45, 7) is 2.95. The fraction of sp³-hybridized carbons (Fsp3) is 0.360. The second-order valence-electron chi connectivity index (χ2n) is 8.15. The Bertz CT molecular complexity index is 1080. The number of methoxy groups -OCH3 is 1. The van der Waals surface area contributed by atoms with Gasteiger partial charge in [0.2, 0.25) is 0 Å². The molecule has 33 heavy (non-hydrogen) atoms. The van der Waals surface area contributed by atoms with Crippen LogP contribution < -0.4 is 4.74 Å². The van der Waals surface area contributed by atoms with Gasteiger partial charge in [0, 0.05) is 18.7 Å². The normalized spacial score (nSPS) is 22.2. The molecule has 174 valence electrons. The third-order valence-corrected chi connectivity index (χ3v) is 6.71. The van der Waals surface area contributed by atoms with Crippen LogP contribution in [0.4, 0.5) is 0 Å². The Kier molecular flexibility index (Phi) is 6.98. The number of carbonyl (C=O) groups is 2. The lowest BCUT2D eigenvalue weighted by Gasteiger charge is -2.27. The molecule has 1 N–H and O–H groups in total. The number of Topliss-reactive ketones (excluding diaryl/α,β-unsaturated/α-hetero) is 1. The number of ether oxygens (including phenoxy) is 2. The number of nitrogens with zero attached hydrogens (tertiary/aromatic N) is 1. The number of rotatable bonds is 6. The molecule has 1 amide bonds. The largest absolute Gasteiger partial charge is 0.507 e. The molecule has 8 heteroatoms. The fourth-order valence-electron chi connectivity index (χ4n) is 4.41. The zero-order chi connectivity index (χ0) is 23.7. The van der Waals surface area contributed by atoms with Crippen LogP contribution >= 0.6 is 23.2 Å². The van der Waals surface area contributed by atoms with E-state index in [2.05, 4.69) is 6.92 Å². The van der Waals surface area contributed by atoms with Crippen molar-refractivity contribution in [3.05, 3.63) is 68.7 Å². The van der Waals surface area contributed by atoms with Crippen molar-refractivity contribution in [2.24, 2.45) is 0 Å². The van der Waals surface area contributed by atoms with Gasteiger partial charge in [-0.1, -0.05) is 54.4 Å². The highest BCUT2D eigenvalue weighted by atomic mass is 35.5. The molecule has 2 atom stereocenters. The Morgan fingerprint density at radius 2 is 1.85 bits per heavy atom. The van der Waals surface area contributed by atoms with Crippen LogP contribution in [0.2, 0.25) is 10.0 Å². The molecule has 2 aliphatic rings. The Hall–Kier alpha value is -2.54. The molecule has 0 aliphatic carbocycles. The summed E-state index contributed by atoms with van der Waals surface area (Å²) in [7, 11) is 1.43. The average molecular weight is 490 g/mol. The number of hydrogen-bond donors (Lipinski definition) is 1. The number of likely N-dealkylation sites (tertiary alicyclic amines) is 1. The first kappa shape index (κ1) is 23.6. The predicted molar refractivity (Wildman–Crippen MR) is 127 cm³/mol. The quantitative estimate of drug-likeness (QED) is 0.344. The van der Waals surface area contributed by atoms with Gasteiger partial charge in [-0.25, -0.2) is 0 Å². The first-order valence-corrected chi connectivity index (χ1v) is 11.6.